The molecule has 0 amide bonds. The van der Waals surface area contributed by atoms with Gasteiger partial charge in [-0.05, 0) is 31.0 Å². The van der Waals surface area contributed by atoms with Crippen LogP contribution >= 0.6 is 0 Å². The van der Waals surface area contributed by atoms with Crippen LogP contribution in [-0.4, -0.2) is 30.2 Å². The van der Waals surface area contributed by atoms with Gasteiger partial charge < -0.3 is 9.67 Å². The molecule has 26 heavy (non-hydrogen) atoms. The molecule has 1 aliphatic rings. The van der Waals surface area contributed by atoms with Crippen molar-refractivity contribution in [1.82, 2.24) is 19.1 Å². The average Bonchev–Trinajstić information content (AvgIpc) is 3.26. The molecular formula is C18H12F2N4O2. The fraction of sp³-hybridized carbons (Fsp3) is 0.167. The van der Waals surface area contributed by atoms with Crippen LogP contribution in [0, 0.1) is 11.6 Å². The normalized spacial score (nSPS) is 14.4. The zero-order valence-corrected chi connectivity index (χ0v) is 13.4. The van der Waals surface area contributed by atoms with Gasteiger partial charge in [0.15, 0.2) is 11.6 Å². The molecule has 8 heteroatoms. The lowest BCUT2D eigenvalue weighted by Gasteiger charge is -2.09. The van der Waals surface area contributed by atoms with Crippen LogP contribution in [0.1, 0.15) is 29.2 Å². The Labute approximate surface area is 145 Å². The van der Waals surface area contributed by atoms with Crippen LogP contribution in [0.25, 0.3) is 28.0 Å². The molecule has 4 aromatic rings. The first-order valence-electron chi connectivity index (χ1n) is 8.10. The number of carbonyl (C=O) groups is 1. The van der Waals surface area contributed by atoms with E-state index in [1.165, 1.54) is 18.2 Å². The molecule has 0 bridgehead atoms. The van der Waals surface area contributed by atoms with Crippen LogP contribution in [-0.2, 0) is 0 Å². The third-order valence-electron chi connectivity index (χ3n) is 4.63. The molecule has 1 aliphatic carbocycles. The number of carboxylic acid groups (broad SMARTS) is 1. The maximum Gasteiger partial charge on any atom is 0.335 e. The van der Waals surface area contributed by atoms with Crippen molar-refractivity contribution in [2.24, 2.45) is 0 Å². The van der Waals surface area contributed by atoms with Gasteiger partial charge in [-0.3, -0.25) is 4.57 Å². The van der Waals surface area contributed by atoms with Crippen molar-refractivity contribution in [3.05, 3.63) is 53.9 Å². The fourth-order valence-electron chi connectivity index (χ4n) is 3.25. The number of hydrogen-bond donors (Lipinski definition) is 1. The molecule has 6 nitrogen and oxygen atoms in total. The van der Waals surface area contributed by atoms with E-state index in [4.69, 9.17) is 5.11 Å². The molecule has 0 saturated heterocycles. The van der Waals surface area contributed by atoms with Gasteiger partial charge in [-0.1, -0.05) is 0 Å². The lowest BCUT2D eigenvalue weighted by Crippen LogP contribution is -2.05. The van der Waals surface area contributed by atoms with Crippen LogP contribution in [0.3, 0.4) is 0 Å². The smallest absolute Gasteiger partial charge is 0.335 e. The Kier molecular flexibility index (Phi) is 2.95. The molecule has 2 aromatic carbocycles. The van der Waals surface area contributed by atoms with Gasteiger partial charge in [0.05, 0.1) is 27.6 Å². The van der Waals surface area contributed by atoms with E-state index in [1.54, 1.807) is 17.0 Å². The van der Waals surface area contributed by atoms with E-state index in [1.807, 2.05) is 4.57 Å². The number of benzene rings is 2. The van der Waals surface area contributed by atoms with E-state index >= 15 is 0 Å². The second kappa shape index (κ2) is 5.10. The highest BCUT2D eigenvalue weighted by Gasteiger charge is 2.30. The van der Waals surface area contributed by atoms with Crippen LogP contribution < -0.4 is 0 Å². The highest BCUT2D eigenvalue weighted by molar-refractivity contribution is 5.92. The van der Waals surface area contributed by atoms with E-state index in [2.05, 4.69) is 9.97 Å². The van der Waals surface area contributed by atoms with Gasteiger partial charge in [0.25, 0.3) is 0 Å². The molecule has 2 aromatic heterocycles. The van der Waals surface area contributed by atoms with Crippen LogP contribution in [0.5, 0.6) is 0 Å². The van der Waals surface area contributed by atoms with Gasteiger partial charge in [-0.15, -0.1) is 0 Å². The molecular weight excluding hydrogens is 342 g/mol. The van der Waals surface area contributed by atoms with Crippen molar-refractivity contribution in [3.8, 4) is 5.95 Å². The Morgan fingerprint density at radius 3 is 2.58 bits per heavy atom. The van der Waals surface area contributed by atoms with Crippen LogP contribution in [0.15, 0.2) is 36.7 Å². The van der Waals surface area contributed by atoms with Crippen molar-refractivity contribution in [1.29, 1.82) is 0 Å². The van der Waals surface area contributed by atoms with Crippen molar-refractivity contribution in [3.63, 3.8) is 0 Å². The summed E-state index contributed by atoms with van der Waals surface area (Å²) in [6.45, 7) is 0. The highest BCUT2D eigenvalue weighted by Crippen LogP contribution is 2.40. The first kappa shape index (κ1) is 15.0. The zero-order valence-electron chi connectivity index (χ0n) is 13.4. The summed E-state index contributed by atoms with van der Waals surface area (Å²) < 4.78 is 31.0. The number of imidazole rings is 2. The molecule has 130 valence electrons. The topological polar surface area (TPSA) is 72.9 Å². The van der Waals surface area contributed by atoms with Gasteiger partial charge >= 0.3 is 5.97 Å². The molecule has 1 fully saturated rings. The predicted octanol–water partition coefficient (Wildman–Crippen LogP) is 3.69. The Hall–Kier alpha value is -3.29. The van der Waals surface area contributed by atoms with Crippen molar-refractivity contribution in [2.75, 3.05) is 0 Å². The summed E-state index contributed by atoms with van der Waals surface area (Å²) in [5.41, 5.74) is 2.23. The van der Waals surface area contributed by atoms with Crippen LogP contribution in [0.2, 0.25) is 0 Å². The average molecular weight is 354 g/mol. The standard InChI is InChI=1S/C18H12F2N4O2/c19-11-6-14-16(7-12(11)20)24(10-2-3-10)18(22-14)23-8-21-13-5-9(17(25)26)1-4-15(13)23/h1,4-8,10H,2-3H2,(H,25,26). The lowest BCUT2D eigenvalue weighted by atomic mass is 10.2. The SMILES string of the molecule is O=C(O)c1ccc2c(c1)ncn2-c1nc2cc(F)c(F)cc2n1C1CC1. The summed E-state index contributed by atoms with van der Waals surface area (Å²) in [6.07, 6.45) is 3.42. The highest BCUT2D eigenvalue weighted by atomic mass is 19.2. The predicted molar refractivity (Wildman–Crippen MR) is 89.5 cm³/mol. The number of fused-ring (bicyclic) bond motifs is 2. The summed E-state index contributed by atoms with van der Waals surface area (Å²) in [5, 5.41) is 9.12. The molecule has 1 N–H and O–H groups in total. The number of carboxylic acids is 1. The van der Waals surface area contributed by atoms with Gasteiger partial charge in [0, 0.05) is 18.2 Å². The van der Waals surface area contributed by atoms with Gasteiger partial charge in [0.2, 0.25) is 5.95 Å². The summed E-state index contributed by atoms with van der Waals surface area (Å²) in [6, 6.07) is 7.07. The molecule has 0 radical (unpaired) electrons. The van der Waals surface area contributed by atoms with Gasteiger partial charge in [-0.2, -0.15) is 0 Å². The first-order valence-corrected chi connectivity index (χ1v) is 8.10. The fourth-order valence-corrected chi connectivity index (χ4v) is 3.25. The number of nitrogens with zero attached hydrogens (tertiary/aromatic N) is 4. The third kappa shape index (κ3) is 2.11. The molecule has 0 aliphatic heterocycles. The quantitative estimate of drug-likeness (QED) is 0.609. The summed E-state index contributed by atoms with van der Waals surface area (Å²) in [5.74, 6) is -2.37. The number of aromatic carboxylic acids is 1. The molecule has 5 rings (SSSR count). The minimum Gasteiger partial charge on any atom is -0.478 e. The molecule has 2 heterocycles. The number of aromatic nitrogens is 4. The Morgan fingerprint density at radius 1 is 1.08 bits per heavy atom. The largest absolute Gasteiger partial charge is 0.478 e. The first-order chi connectivity index (χ1) is 12.5. The van der Waals surface area contributed by atoms with Crippen molar-refractivity contribution in [2.45, 2.75) is 18.9 Å². The summed E-state index contributed by atoms with van der Waals surface area (Å²) in [7, 11) is 0. The van der Waals surface area contributed by atoms with E-state index in [9.17, 15) is 13.6 Å². The molecule has 0 atom stereocenters. The lowest BCUT2D eigenvalue weighted by molar-refractivity contribution is 0.0697. The number of rotatable bonds is 3. The zero-order chi connectivity index (χ0) is 18.0. The van der Waals surface area contributed by atoms with E-state index in [0.717, 1.165) is 18.9 Å². The van der Waals surface area contributed by atoms with Gasteiger partial charge in [0.1, 0.15) is 6.33 Å². The van der Waals surface area contributed by atoms with Crippen molar-refractivity contribution < 1.29 is 18.7 Å². The Balaban J connectivity index is 1.78. The van der Waals surface area contributed by atoms with Crippen LogP contribution in [0.4, 0.5) is 8.78 Å². The number of halogens is 2. The number of hydrogen-bond acceptors (Lipinski definition) is 3. The Morgan fingerprint density at radius 2 is 1.85 bits per heavy atom. The summed E-state index contributed by atoms with van der Waals surface area (Å²) in [4.78, 5) is 19.9. The van der Waals surface area contributed by atoms with E-state index < -0.39 is 17.6 Å². The maximum atomic E-state index is 13.7. The van der Waals surface area contributed by atoms with Crippen molar-refractivity contribution >= 4 is 28.0 Å². The van der Waals surface area contributed by atoms with E-state index in [-0.39, 0.29) is 11.6 Å². The second-order valence-corrected chi connectivity index (χ2v) is 6.39. The molecule has 0 unspecified atom stereocenters. The Bertz CT molecular complexity index is 1210. The third-order valence-corrected chi connectivity index (χ3v) is 4.63. The minimum atomic E-state index is -1.03. The summed E-state index contributed by atoms with van der Waals surface area (Å²) >= 11 is 0. The maximum absolute atomic E-state index is 13.7. The molecule has 0 spiro atoms. The molecule has 1 saturated carbocycles. The monoisotopic (exact) mass is 354 g/mol. The van der Waals surface area contributed by atoms with Gasteiger partial charge in [-0.25, -0.2) is 23.5 Å². The van der Waals surface area contributed by atoms with E-state index in [0.29, 0.717) is 28.0 Å². The minimum absolute atomic E-state index is 0.141. The second-order valence-electron chi connectivity index (χ2n) is 6.39.